The quantitative estimate of drug-likeness (QED) is 0.562. The average Bonchev–Trinajstić information content (AvgIpc) is 3.51. The van der Waals surface area contributed by atoms with Crippen molar-refractivity contribution >= 4 is 11.6 Å². The van der Waals surface area contributed by atoms with E-state index in [4.69, 9.17) is 21.1 Å². The van der Waals surface area contributed by atoms with Crippen LogP contribution in [0.5, 0.6) is 5.75 Å². The first-order valence-electron chi connectivity index (χ1n) is 10.8. The predicted octanol–water partition coefficient (Wildman–Crippen LogP) is 2.26. The van der Waals surface area contributed by atoms with Crippen molar-refractivity contribution in [3.8, 4) is 5.75 Å². The summed E-state index contributed by atoms with van der Waals surface area (Å²) in [6, 6.07) is 10.5. The lowest BCUT2D eigenvalue weighted by Gasteiger charge is -2.40. The van der Waals surface area contributed by atoms with Crippen LogP contribution >= 0.6 is 11.6 Å². The summed E-state index contributed by atoms with van der Waals surface area (Å²) < 4.78 is 11.6. The van der Waals surface area contributed by atoms with Crippen LogP contribution in [0.2, 0.25) is 5.02 Å². The molecule has 2 fully saturated rings. The third-order valence-electron chi connectivity index (χ3n) is 6.63. The maximum absolute atomic E-state index is 10.6. The minimum Gasteiger partial charge on any atom is -0.493 e. The van der Waals surface area contributed by atoms with Crippen molar-refractivity contribution in [1.29, 1.82) is 0 Å². The lowest BCUT2D eigenvalue weighted by atomic mass is 9.88. The molecule has 0 radical (unpaired) electrons. The van der Waals surface area contributed by atoms with Crippen molar-refractivity contribution in [3.05, 3.63) is 63.2 Å². The zero-order chi connectivity index (χ0) is 21.7. The van der Waals surface area contributed by atoms with E-state index in [-0.39, 0.29) is 0 Å². The van der Waals surface area contributed by atoms with E-state index in [0.29, 0.717) is 41.7 Å². The molecule has 7 heteroatoms. The first kappa shape index (κ1) is 21.2. The van der Waals surface area contributed by atoms with Gasteiger partial charge in [-0.2, -0.15) is 0 Å². The van der Waals surface area contributed by atoms with Gasteiger partial charge in [-0.15, -0.1) is 0 Å². The highest BCUT2D eigenvalue weighted by Gasteiger charge is 2.45. The summed E-state index contributed by atoms with van der Waals surface area (Å²) in [5.74, 6) is 1.26. The third-order valence-corrected chi connectivity index (χ3v) is 7.10. The zero-order valence-corrected chi connectivity index (χ0v) is 17.8. The molecule has 2 aromatic carbocycles. The Bertz CT molecular complexity index is 956. The zero-order valence-electron chi connectivity index (χ0n) is 17.1. The number of benzene rings is 2. The fraction of sp³-hybridized carbons (Fsp3) is 0.500. The van der Waals surface area contributed by atoms with Gasteiger partial charge in [0.15, 0.2) is 0 Å². The summed E-state index contributed by atoms with van der Waals surface area (Å²) in [6.07, 6.45) is -2.35. The standard InChI is InChI=1S/C24H27ClO6/c25-19-15(9-12-1-3-13(4-2-12)14-5-6-14)10-17(23-16(19)7-8-30-23)24-22(29)21(28)20(27)18(11-26)31-24/h1-4,10,14,18,20-22,24,26-29H,5-9,11H2/t18-,20-,21+,22-,24+/m1/s1. The molecular weight excluding hydrogens is 420 g/mol. The van der Waals surface area contributed by atoms with Crippen LogP contribution in [0, 0.1) is 0 Å². The van der Waals surface area contributed by atoms with Crippen LogP contribution in [-0.4, -0.2) is 58.1 Å². The van der Waals surface area contributed by atoms with E-state index in [1.807, 2.05) is 6.07 Å². The number of hydrogen-bond acceptors (Lipinski definition) is 6. The number of aliphatic hydroxyl groups is 4. The normalized spacial score (nSPS) is 30.2. The fourth-order valence-corrected chi connectivity index (χ4v) is 4.98. The van der Waals surface area contributed by atoms with E-state index in [0.717, 1.165) is 16.7 Å². The number of fused-ring (bicyclic) bond motifs is 1. The maximum Gasteiger partial charge on any atom is 0.130 e. The van der Waals surface area contributed by atoms with Gasteiger partial charge in [0.2, 0.25) is 0 Å². The number of ether oxygens (including phenoxy) is 2. The Morgan fingerprint density at radius 3 is 2.42 bits per heavy atom. The van der Waals surface area contributed by atoms with Crippen molar-refractivity contribution in [3.63, 3.8) is 0 Å². The largest absolute Gasteiger partial charge is 0.493 e. The molecule has 0 bridgehead atoms. The summed E-state index contributed by atoms with van der Waals surface area (Å²) in [6.45, 7) is -0.00268. The Balaban J connectivity index is 1.50. The fourth-order valence-electron chi connectivity index (χ4n) is 4.68. The molecule has 1 saturated carbocycles. The first-order valence-corrected chi connectivity index (χ1v) is 11.2. The molecular formula is C24H27ClO6. The van der Waals surface area contributed by atoms with Gasteiger partial charge in [0.05, 0.1) is 18.2 Å². The minimum atomic E-state index is -1.44. The molecule has 1 saturated heterocycles. The molecule has 0 unspecified atom stereocenters. The highest BCUT2D eigenvalue weighted by molar-refractivity contribution is 6.32. The van der Waals surface area contributed by atoms with E-state index < -0.39 is 37.1 Å². The topological polar surface area (TPSA) is 99.4 Å². The first-order chi connectivity index (χ1) is 15.0. The number of halogens is 1. The van der Waals surface area contributed by atoms with E-state index >= 15 is 0 Å². The van der Waals surface area contributed by atoms with Crippen LogP contribution in [0.1, 0.15) is 52.7 Å². The predicted molar refractivity (Wildman–Crippen MR) is 115 cm³/mol. The van der Waals surface area contributed by atoms with E-state index in [9.17, 15) is 20.4 Å². The van der Waals surface area contributed by atoms with Gasteiger partial charge in [-0.25, -0.2) is 0 Å². The second-order valence-corrected chi connectivity index (χ2v) is 9.17. The molecule has 0 spiro atoms. The Labute approximate surface area is 186 Å². The van der Waals surface area contributed by atoms with Crippen molar-refractivity contribution in [1.82, 2.24) is 0 Å². The van der Waals surface area contributed by atoms with Crippen molar-refractivity contribution < 1.29 is 29.9 Å². The second-order valence-electron chi connectivity index (χ2n) is 8.79. The molecule has 3 aliphatic rings. The van der Waals surface area contributed by atoms with Crippen molar-refractivity contribution in [2.24, 2.45) is 0 Å². The van der Waals surface area contributed by atoms with E-state index in [1.54, 1.807) is 0 Å². The van der Waals surface area contributed by atoms with Gasteiger partial charge < -0.3 is 29.9 Å². The molecule has 4 N–H and O–H groups in total. The van der Waals surface area contributed by atoms with Crippen LogP contribution in [0.15, 0.2) is 30.3 Å². The third kappa shape index (κ3) is 3.86. The van der Waals surface area contributed by atoms with Crippen LogP contribution in [0.4, 0.5) is 0 Å². The van der Waals surface area contributed by atoms with Gasteiger partial charge in [0.25, 0.3) is 0 Å². The van der Waals surface area contributed by atoms with E-state index in [1.165, 1.54) is 18.4 Å². The monoisotopic (exact) mass is 446 g/mol. The lowest BCUT2D eigenvalue weighted by molar-refractivity contribution is -0.232. The number of aliphatic hydroxyl groups excluding tert-OH is 4. The van der Waals surface area contributed by atoms with Crippen molar-refractivity contribution in [2.45, 2.75) is 62.1 Å². The van der Waals surface area contributed by atoms with Gasteiger partial charge in [0, 0.05) is 17.5 Å². The molecule has 31 heavy (non-hydrogen) atoms. The molecule has 2 aliphatic heterocycles. The van der Waals surface area contributed by atoms with Crippen molar-refractivity contribution in [2.75, 3.05) is 13.2 Å². The number of hydrogen-bond donors (Lipinski definition) is 4. The van der Waals surface area contributed by atoms with Gasteiger partial charge in [-0.05, 0) is 47.9 Å². The summed E-state index contributed by atoms with van der Waals surface area (Å²) in [7, 11) is 0. The molecule has 2 aromatic rings. The van der Waals surface area contributed by atoms with Crippen LogP contribution in [0.25, 0.3) is 0 Å². The Morgan fingerprint density at radius 2 is 1.74 bits per heavy atom. The molecule has 0 aromatic heterocycles. The minimum absolute atomic E-state index is 0.471. The molecule has 1 aliphatic carbocycles. The van der Waals surface area contributed by atoms with Gasteiger partial charge >= 0.3 is 0 Å². The Hall–Kier alpha value is -1.67. The highest BCUT2D eigenvalue weighted by Crippen LogP contribution is 2.45. The van der Waals surface area contributed by atoms with Gasteiger partial charge in [0.1, 0.15) is 36.3 Å². The van der Waals surface area contributed by atoms with Crippen LogP contribution < -0.4 is 4.74 Å². The number of rotatable bonds is 5. The highest BCUT2D eigenvalue weighted by atomic mass is 35.5. The molecule has 0 amide bonds. The Morgan fingerprint density at radius 1 is 1.00 bits per heavy atom. The summed E-state index contributed by atoms with van der Waals surface area (Å²) in [5, 5.41) is 41.2. The van der Waals surface area contributed by atoms with Crippen LogP contribution in [-0.2, 0) is 17.6 Å². The molecule has 166 valence electrons. The smallest absolute Gasteiger partial charge is 0.130 e. The molecule has 2 heterocycles. The SMILES string of the molecule is OC[C@H]1O[C@@H](c2cc(Cc3ccc(C4CC4)cc3)c(Cl)c3c2OCC3)[C@H](O)[C@@H](O)[C@@H]1O. The average molecular weight is 447 g/mol. The maximum atomic E-state index is 10.6. The molecule has 5 atom stereocenters. The summed E-state index contributed by atoms with van der Waals surface area (Å²) >= 11 is 6.74. The summed E-state index contributed by atoms with van der Waals surface area (Å²) in [5.41, 5.74) is 4.83. The second kappa shape index (κ2) is 8.35. The van der Waals surface area contributed by atoms with Gasteiger partial charge in [-0.3, -0.25) is 0 Å². The van der Waals surface area contributed by atoms with Gasteiger partial charge in [-0.1, -0.05) is 35.9 Å². The lowest BCUT2D eigenvalue weighted by Crippen LogP contribution is -2.55. The van der Waals surface area contributed by atoms with E-state index in [2.05, 4.69) is 24.3 Å². The van der Waals surface area contributed by atoms with Crippen LogP contribution in [0.3, 0.4) is 0 Å². The Kier molecular flexibility index (Phi) is 5.71. The molecule has 5 rings (SSSR count). The summed E-state index contributed by atoms with van der Waals surface area (Å²) in [4.78, 5) is 0. The molecule has 6 nitrogen and oxygen atoms in total.